The first-order valence-corrected chi connectivity index (χ1v) is 8.01. The Bertz CT molecular complexity index is 594. The quantitative estimate of drug-likeness (QED) is 0.936. The summed E-state index contributed by atoms with van der Waals surface area (Å²) in [6, 6.07) is 10.8. The Labute approximate surface area is 113 Å². The van der Waals surface area contributed by atoms with Gasteiger partial charge in [0.2, 0.25) is 10.0 Å². The van der Waals surface area contributed by atoms with E-state index in [0.717, 1.165) is 10.0 Å². The predicted octanol–water partition coefficient (Wildman–Crippen LogP) is 2.99. The summed E-state index contributed by atoms with van der Waals surface area (Å²) in [5, 5.41) is 1.74. The number of hydrogen-bond donors (Lipinski definition) is 1. The molecule has 0 aliphatic heterocycles. The largest absolute Gasteiger partial charge is 0.250 e. The molecule has 1 heterocycles. The molecule has 0 radical (unpaired) electrons. The van der Waals surface area contributed by atoms with Crippen LogP contribution in [0.5, 0.6) is 0 Å². The van der Waals surface area contributed by atoms with Gasteiger partial charge in [-0.1, -0.05) is 34.1 Å². The molecule has 0 unspecified atom stereocenters. The molecule has 17 heavy (non-hydrogen) atoms. The molecule has 0 spiro atoms. The SMILES string of the molecule is O=S(=O)(NCc1cccc(Br)c1)c1cccs1. The molecular weight excluding hydrogens is 322 g/mol. The average molecular weight is 332 g/mol. The number of hydrogen-bond acceptors (Lipinski definition) is 3. The predicted molar refractivity (Wildman–Crippen MR) is 72.5 cm³/mol. The highest BCUT2D eigenvalue weighted by atomic mass is 79.9. The number of nitrogens with one attached hydrogen (secondary N) is 1. The molecule has 0 saturated carbocycles. The highest BCUT2D eigenvalue weighted by Gasteiger charge is 2.14. The number of benzene rings is 1. The van der Waals surface area contributed by atoms with E-state index in [-0.39, 0.29) is 0 Å². The lowest BCUT2D eigenvalue weighted by molar-refractivity contribution is 0.583. The molecule has 2 rings (SSSR count). The van der Waals surface area contributed by atoms with Crippen molar-refractivity contribution in [2.75, 3.05) is 0 Å². The van der Waals surface area contributed by atoms with E-state index in [1.54, 1.807) is 17.5 Å². The molecule has 6 heteroatoms. The third-order valence-electron chi connectivity index (χ3n) is 2.12. The summed E-state index contributed by atoms with van der Waals surface area (Å²) in [6.07, 6.45) is 0. The molecule has 0 bridgehead atoms. The van der Waals surface area contributed by atoms with Crippen molar-refractivity contribution in [2.24, 2.45) is 0 Å². The Hall–Kier alpha value is -0.690. The van der Waals surface area contributed by atoms with E-state index in [0.29, 0.717) is 10.8 Å². The Morgan fingerprint density at radius 2 is 2.06 bits per heavy atom. The first-order chi connectivity index (χ1) is 8.08. The van der Waals surface area contributed by atoms with E-state index in [1.807, 2.05) is 24.3 Å². The molecule has 2 aromatic rings. The molecule has 1 aromatic heterocycles. The van der Waals surface area contributed by atoms with Crippen LogP contribution < -0.4 is 4.72 Å². The van der Waals surface area contributed by atoms with Crippen LogP contribution >= 0.6 is 27.3 Å². The summed E-state index contributed by atoms with van der Waals surface area (Å²) in [5.74, 6) is 0. The molecule has 0 aliphatic carbocycles. The minimum Gasteiger partial charge on any atom is -0.206 e. The third-order valence-corrected chi connectivity index (χ3v) is 5.41. The maximum atomic E-state index is 11.8. The van der Waals surface area contributed by atoms with E-state index < -0.39 is 10.0 Å². The van der Waals surface area contributed by atoms with Crippen LogP contribution in [0.25, 0.3) is 0 Å². The minimum absolute atomic E-state index is 0.291. The first-order valence-electron chi connectivity index (χ1n) is 4.85. The monoisotopic (exact) mass is 331 g/mol. The van der Waals surface area contributed by atoms with Crippen molar-refractivity contribution in [3.63, 3.8) is 0 Å². The van der Waals surface area contributed by atoms with E-state index in [1.165, 1.54) is 11.3 Å². The van der Waals surface area contributed by atoms with Crippen molar-refractivity contribution < 1.29 is 8.42 Å². The summed E-state index contributed by atoms with van der Waals surface area (Å²) >= 11 is 4.55. The van der Waals surface area contributed by atoms with Crippen molar-refractivity contribution in [1.29, 1.82) is 0 Å². The molecule has 3 nitrogen and oxygen atoms in total. The molecule has 1 aromatic carbocycles. The van der Waals surface area contributed by atoms with Gasteiger partial charge in [-0.05, 0) is 29.1 Å². The van der Waals surface area contributed by atoms with Gasteiger partial charge in [0.15, 0.2) is 0 Å². The Kier molecular flexibility index (Phi) is 3.98. The van der Waals surface area contributed by atoms with Crippen molar-refractivity contribution >= 4 is 37.3 Å². The zero-order valence-corrected chi connectivity index (χ0v) is 12.0. The normalized spacial score (nSPS) is 11.6. The molecule has 1 N–H and O–H groups in total. The van der Waals surface area contributed by atoms with Gasteiger partial charge in [0.05, 0.1) is 0 Å². The number of sulfonamides is 1. The van der Waals surface area contributed by atoms with Crippen molar-refractivity contribution in [1.82, 2.24) is 4.72 Å². The molecular formula is C11H10BrNO2S2. The highest BCUT2D eigenvalue weighted by molar-refractivity contribution is 9.10. The lowest BCUT2D eigenvalue weighted by Gasteiger charge is -2.05. The standard InChI is InChI=1S/C11H10BrNO2S2/c12-10-4-1-3-9(7-10)8-13-17(14,15)11-5-2-6-16-11/h1-7,13H,8H2. The van der Waals surface area contributed by atoms with Gasteiger partial charge in [-0.2, -0.15) is 0 Å². The number of thiophene rings is 1. The van der Waals surface area contributed by atoms with Crippen LogP contribution in [0.4, 0.5) is 0 Å². The average Bonchev–Trinajstić information content (AvgIpc) is 2.81. The Morgan fingerprint density at radius 3 is 2.71 bits per heavy atom. The van der Waals surface area contributed by atoms with Crippen LogP contribution in [-0.2, 0) is 16.6 Å². The van der Waals surface area contributed by atoms with Gasteiger partial charge in [0.25, 0.3) is 0 Å². The zero-order valence-electron chi connectivity index (χ0n) is 8.76. The molecule has 0 amide bonds. The van der Waals surface area contributed by atoms with Crippen LogP contribution in [-0.4, -0.2) is 8.42 Å². The first kappa shape index (κ1) is 12.8. The molecule has 90 valence electrons. The van der Waals surface area contributed by atoms with Crippen molar-refractivity contribution in [2.45, 2.75) is 10.8 Å². The van der Waals surface area contributed by atoms with Crippen molar-refractivity contribution in [3.8, 4) is 0 Å². The van der Waals surface area contributed by atoms with Gasteiger partial charge in [-0.15, -0.1) is 11.3 Å². The summed E-state index contributed by atoms with van der Waals surface area (Å²) < 4.78 is 27.5. The Morgan fingerprint density at radius 1 is 1.24 bits per heavy atom. The smallest absolute Gasteiger partial charge is 0.206 e. The van der Waals surface area contributed by atoms with E-state index in [4.69, 9.17) is 0 Å². The lowest BCUT2D eigenvalue weighted by atomic mass is 10.2. The maximum absolute atomic E-state index is 11.8. The molecule has 0 aliphatic rings. The fourth-order valence-electron chi connectivity index (χ4n) is 1.31. The molecule has 0 atom stereocenters. The van der Waals surface area contributed by atoms with E-state index >= 15 is 0 Å². The summed E-state index contributed by atoms with van der Waals surface area (Å²) in [6.45, 7) is 0.291. The van der Waals surface area contributed by atoms with Crippen LogP contribution in [0.15, 0.2) is 50.5 Å². The second-order valence-electron chi connectivity index (χ2n) is 3.39. The summed E-state index contributed by atoms with van der Waals surface area (Å²) in [5.41, 5.74) is 0.916. The fourth-order valence-corrected chi connectivity index (χ4v) is 3.81. The van der Waals surface area contributed by atoms with E-state index in [2.05, 4.69) is 20.7 Å². The summed E-state index contributed by atoms with van der Waals surface area (Å²) in [7, 11) is -3.37. The maximum Gasteiger partial charge on any atom is 0.250 e. The van der Waals surface area contributed by atoms with Gasteiger partial charge in [-0.3, -0.25) is 0 Å². The van der Waals surface area contributed by atoms with Crippen LogP contribution in [0.2, 0.25) is 0 Å². The highest BCUT2D eigenvalue weighted by Crippen LogP contribution is 2.16. The Balaban J connectivity index is 2.08. The van der Waals surface area contributed by atoms with Gasteiger partial charge < -0.3 is 0 Å². The zero-order chi connectivity index (χ0) is 12.3. The third kappa shape index (κ3) is 3.38. The molecule has 0 saturated heterocycles. The minimum atomic E-state index is -3.37. The lowest BCUT2D eigenvalue weighted by Crippen LogP contribution is -2.22. The number of rotatable bonds is 4. The van der Waals surface area contributed by atoms with Crippen LogP contribution in [0.1, 0.15) is 5.56 Å². The molecule has 0 fully saturated rings. The van der Waals surface area contributed by atoms with Crippen LogP contribution in [0, 0.1) is 0 Å². The van der Waals surface area contributed by atoms with Crippen LogP contribution in [0.3, 0.4) is 0 Å². The van der Waals surface area contributed by atoms with E-state index in [9.17, 15) is 8.42 Å². The van der Waals surface area contributed by atoms with Gasteiger partial charge in [0.1, 0.15) is 4.21 Å². The fraction of sp³-hybridized carbons (Fsp3) is 0.0909. The van der Waals surface area contributed by atoms with Gasteiger partial charge in [0, 0.05) is 11.0 Å². The van der Waals surface area contributed by atoms with Crippen molar-refractivity contribution in [3.05, 3.63) is 51.8 Å². The van der Waals surface area contributed by atoms with Gasteiger partial charge >= 0.3 is 0 Å². The second-order valence-corrected chi connectivity index (χ2v) is 7.24. The number of halogens is 1. The van der Waals surface area contributed by atoms with Gasteiger partial charge in [-0.25, -0.2) is 13.1 Å². The second kappa shape index (κ2) is 5.30. The topological polar surface area (TPSA) is 46.2 Å². The summed E-state index contributed by atoms with van der Waals surface area (Å²) in [4.78, 5) is 0.